The minimum absolute atomic E-state index is 0.239. The van der Waals surface area contributed by atoms with Gasteiger partial charge in [0.25, 0.3) is 0 Å². The second-order valence-electron chi connectivity index (χ2n) is 11.3. The zero-order chi connectivity index (χ0) is 31.0. The molecule has 1 heterocycles. The number of hydrogen-bond acceptors (Lipinski definition) is 8. The van der Waals surface area contributed by atoms with Gasteiger partial charge in [0.1, 0.15) is 11.3 Å². The fraction of sp³-hybridized carbons (Fsp3) is 0.353. The molecular weight excluding hydrogens is 536 g/mol. The highest BCUT2D eigenvalue weighted by molar-refractivity contribution is 5.89. The van der Waals surface area contributed by atoms with Crippen molar-refractivity contribution in [1.29, 1.82) is 0 Å². The van der Waals surface area contributed by atoms with Gasteiger partial charge in [0.2, 0.25) is 0 Å². The summed E-state index contributed by atoms with van der Waals surface area (Å²) in [5.41, 5.74) is 2.77. The van der Waals surface area contributed by atoms with Crippen molar-refractivity contribution in [1.82, 2.24) is 0 Å². The minimum Gasteiger partial charge on any atom is -0.465 e. The minimum atomic E-state index is -0.589. The summed E-state index contributed by atoms with van der Waals surface area (Å²) in [6.07, 6.45) is 2.30. The third kappa shape index (κ3) is 8.77. The molecule has 0 bridgehead atoms. The highest BCUT2D eigenvalue weighted by Gasteiger charge is 2.23. The van der Waals surface area contributed by atoms with Gasteiger partial charge in [-0.2, -0.15) is 0 Å². The number of aryl methyl sites for hydroxylation is 2. The van der Waals surface area contributed by atoms with Crippen molar-refractivity contribution in [3.05, 3.63) is 88.3 Å². The molecule has 0 fully saturated rings. The molecule has 3 rings (SSSR count). The largest absolute Gasteiger partial charge is 0.465 e. The molecule has 0 radical (unpaired) electrons. The molecule has 222 valence electrons. The van der Waals surface area contributed by atoms with Gasteiger partial charge >= 0.3 is 23.5 Å². The Morgan fingerprint density at radius 2 is 1.45 bits per heavy atom. The fourth-order valence-corrected chi connectivity index (χ4v) is 4.01. The SMILES string of the molecule is C=C(C)C(=O)OCCCc1cc(CCCOC(=O)C(C)(C)C)c2oc(=O)c(-c3ccc(OC(=O)C(=C)C)cc3)cc2c1. The van der Waals surface area contributed by atoms with Crippen LogP contribution in [0.5, 0.6) is 5.75 Å². The quantitative estimate of drug-likeness (QED) is 0.0791. The Balaban J connectivity index is 1.88. The Hall–Kier alpha value is -4.46. The lowest BCUT2D eigenvalue weighted by Crippen LogP contribution is -2.23. The zero-order valence-corrected chi connectivity index (χ0v) is 25.0. The molecule has 0 saturated heterocycles. The van der Waals surface area contributed by atoms with Crippen molar-refractivity contribution in [2.75, 3.05) is 13.2 Å². The van der Waals surface area contributed by atoms with Crippen molar-refractivity contribution in [2.24, 2.45) is 5.41 Å². The smallest absolute Gasteiger partial charge is 0.344 e. The maximum atomic E-state index is 13.1. The van der Waals surface area contributed by atoms with Gasteiger partial charge in [0.05, 0.1) is 24.2 Å². The number of rotatable bonds is 12. The molecule has 0 aliphatic rings. The van der Waals surface area contributed by atoms with E-state index < -0.39 is 23.0 Å². The van der Waals surface area contributed by atoms with Crippen LogP contribution in [0, 0.1) is 5.41 Å². The van der Waals surface area contributed by atoms with E-state index in [1.807, 2.05) is 12.1 Å². The first kappa shape index (κ1) is 32.1. The van der Waals surface area contributed by atoms with Gasteiger partial charge in [0, 0.05) is 16.5 Å². The second kappa shape index (κ2) is 13.9. The van der Waals surface area contributed by atoms with E-state index in [-0.39, 0.29) is 24.8 Å². The van der Waals surface area contributed by atoms with Gasteiger partial charge in [-0.1, -0.05) is 31.4 Å². The third-order valence-corrected chi connectivity index (χ3v) is 6.32. The molecule has 0 atom stereocenters. The van der Waals surface area contributed by atoms with Crippen molar-refractivity contribution < 1.29 is 33.0 Å². The van der Waals surface area contributed by atoms with Crippen LogP contribution in [0.1, 0.15) is 58.6 Å². The van der Waals surface area contributed by atoms with Gasteiger partial charge in [0.15, 0.2) is 0 Å². The molecule has 0 aliphatic heterocycles. The van der Waals surface area contributed by atoms with Crippen LogP contribution < -0.4 is 10.4 Å². The number of hydrogen-bond donors (Lipinski definition) is 0. The molecule has 42 heavy (non-hydrogen) atoms. The van der Waals surface area contributed by atoms with Crippen LogP contribution in [-0.4, -0.2) is 31.1 Å². The molecule has 2 aromatic carbocycles. The Morgan fingerprint density at radius 1 is 0.833 bits per heavy atom. The van der Waals surface area contributed by atoms with Crippen LogP contribution >= 0.6 is 0 Å². The van der Waals surface area contributed by atoms with E-state index in [4.69, 9.17) is 18.6 Å². The summed E-state index contributed by atoms with van der Waals surface area (Å²) in [5, 5.41) is 0.737. The molecule has 8 nitrogen and oxygen atoms in total. The average molecular weight is 575 g/mol. The van der Waals surface area contributed by atoms with Crippen LogP contribution in [0.25, 0.3) is 22.1 Å². The lowest BCUT2D eigenvalue weighted by atomic mass is 9.97. The van der Waals surface area contributed by atoms with Crippen LogP contribution in [0.4, 0.5) is 0 Å². The van der Waals surface area contributed by atoms with Gasteiger partial charge in [-0.15, -0.1) is 0 Å². The Bertz CT molecular complexity index is 1550. The first-order valence-corrected chi connectivity index (χ1v) is 13.8. The lowest BCUT2D eigenvalue weighted by Gasteiger charge is -2.16. The summed E-state index contributed by atoms with van der Waals surface area (Å²) in [6, 6.07) is 12.3. The summed E-state index contributed by atoms with van der Waals surface area (Å²) in [7, 11) is 0. The predicted molar refractivity (Wildman–Crippen MR) is 161 cm³/mol. The number of ether oxygens (including phenoxy) is 3. The number of carbonyl (C=O) groups excluding carboxylic acids is 3. The predicted octanol–water partition coefficient (Wildman–Crippen LogP) is 6.52. The molecule has 0 spiro atoms. The standard InChI is InChI=1S/C34H38O8/c1-21(2)30(35)39-16-8-10-23-18-25(11-9-17-40-33(38)34(5,6)7)29-26(19-23)20-28(32(37)42-29)24-12-14-27(15-13-24)41-31(36)22(3)4/h12-15,18-20H,1,3,8-11,16-17H2,2,4-7H3. The van der Waals surface area contributed by atoms with Gasteiger partial charge in [-0.25, -0.2) is 14.4 Å². The van der Waals surface area contributed by atoms with E-state index in [0.717, 1.165) is 16.5 Å². The van der Waals surface area contributed by atoms with Gasteiger partial charge in [-0.3, -0.25) is 4.79 Å². The Labute approximate surface area is 246 Å². The van der Waals surface area contributed by atoms with E-state index in [0.29, 0.717) is 53.7 Å². The van der Waals surface area contributed by atoms with E-state index >= 15 is 0 Å². The number of carbonyl (C=O) groups is 3. The first-order chi connectivity index (χ1) is 19.8. The van der Waals surface area contributed by atoms with Crippen LogP contribution in [0.2, 0.25) is 0 Å². The van der Waals surface area contributed by atoms with Gasteiger partial charge < -0.3 is 18.6 Å². The van der Waals surface area contributed by atoms with Crippen molar-refractivity contribution in [3.8, 4) is 16.9 Å². The number of esters is 3. The normalized spacial score (nSPS) is 11.2. The topological polar surface area (TPSA) is 109 Å². The molecular formula is C34H38O8. The lowest BCUT2D eigenvalue weighted by molar-refractivity contribution is -0.153. The molecule has 0 N–H and O–H groups in total. The summed E-state index contributed by atoms with van der Waals surface area (Å²) in [4.78, 5) is 48.8. The van der Waals surface area contributed by atoms with Crippen molar-refractivity contribution in [2.45, 2.75) is 60.3 Å². The molecule has 1 aromatic heterocycles. The highest BCUT2D eigenvalue weighted by atomic mass is 16.5. The average Bonchev–Trinajstić information content (AvgIpc) is 2.92. The monoisotopic (exact) mass is 574 g/mol. The van der Waals surface area contributed by atoms with Crippen molar-refractivity contribution in [3.63, 3.8) is 0 Å². The fourth-order valence-electron chi connectivity index (χ4n) is 4.01. The van der Waals surface area contributed by atoms with Crippen LogP contribution in [-0.2, 0) is 36.7 Å². The molecule has 0 saturated carbocycles. The number of fused-ring (bicyclic) bond motifs is 1. The van der Waals surface area contributed by atoms with Crippen molar-refractivity contribution >= 4 is 28.9 Å². The molecule has 0 aliphatic carbocycles. The summed E-state index contributed by atoms with van der Waals surface area (Å²) in [5.74, 6) is -0.899. The maximum Gasteiger partial charge on any atom is 0.344 e. The highest BCUT2D eigenvalue weighted by Crippen LogP contribution is 2.28. The molecule has 3 aromatic rings. The summed E-state index contributed by atoms with van der Waals surface area (Å²) < 4.78 is 21.7. The van der Waals surface area contributed by atoms with E-state index in [9.17, 15) is 19.2 Å². The molecule has 0 amide bonds. The van der Waals surface area contributed by atoms with Gasteiger partial charge in [-0.05, 0) is 101 Å². The summed E-state index contributed by atoms with van der Waals surface area (Å²) in [6.45, 7) is 16.2. The third-order valence-electron chi connectivity index (χ3n) is 6.32. The maximum absolute atomic E-state index is 13.1. The van der Waals surface area contributed by atoms with E-state index in [1.165, 1.54) is 0 Å². The Morgan fingerprint density at radius 3 is 2.07 bits per heavy atom. The van der Waals surface area contributed by atoms with E-state index in [2.05, 4.69) is 13.2 Å². The molecule has 0 unspecified atom stereocenters. The molecule has 8 heteroatoms. The number of benzene rings is 2. The first-order valence-electron chi connectivity index (χ1n) is 13.8. The Kier molecular flexibility index (Phi) is 10.6. The van der Waals surface area contributed by atoms with Crippen LogP contribution in [0.3, 0.4) is 0 Å². The van der Waals surface area contributed by atoms with Crippen LogP contribution in [0.15, 0.2) is 76.0 Å². The summed E-state index contributed by atoms with van der Waals surface area (Å²) >= 11 is 0. The zero-order valence-electron chi connectivity index (χ0n) is 25.0. The second-order valence-corrected chi connectivity index (χ2v) is 11.3. The van der Waals surface area contributed by atoms with E-state index in [1.54, 1.807) is 65.0 Å².